The first-order valence-corrected chi connectivity index (χ1v) is 5.49. The molecule has 1 heterocycles. The van der Waals surface area contributed by atoms with Crippen molar-refractivity contribution in [1.29, 1.82) is 0 Å². The van der Waals surface area contributed by atoms with E-state index in [4.69, 9.17) is 11.6 Å². The molecule has 1 unspecified atom stereocenters. The number of hydrogen-bond donors (Lipinski definition) is 3. The van der Waals surface area contributed by atoms with Crippen LogP contribution in [0.15, 0.2) is 12.1 Å². The van der Waals surface area contributed by atoms with Crippen LogP contribution < -0.4 is 5.32 Å². The molecule has 1 atom stereocenters. The van der Waals surface area contributed by atoms with Gasteiger partial charge in [0.25, 0.3) is 0 Å². The van der Waals surface area contributed by atoms with E-state index in [-0.39, 0.29) is 16.5 Å². The lowest BCUT2D eigenvalue weighted by Crippen LogP contribution is -2.23. The van der Waals surface area contributed by atoms with Crippen molar-refractivity contribution < 1.29 is 10.2 Å². The number of hydrogen-bond acceptors (Lipinski definition) is 3. The minimum absolute atomic E-state index is 0.0869. The molecule has 0 bridgehead atoms. The van der Waals surface area contributed by atoms with Crippen LogP contribution in [-0.2, 0) is 6.42 Å². The van der Waals surface area contributed by atoms with Gasteiger partial charge in [0.2, 0.25) is 0 Å². The maximum Gasteiger partial charge on any atom is 0.176 e. The van der Waals surface area contributed by atoms with Gasteiger partial charge in [-0.05, 0) is 37.4 Å². The summed E-state index contributed by atoms with van der Waals surface area (Å²) in [6.45, 7) is 1.03. The third-order valence-electron chi connectivity index (χ3n) is 2.81. The largest absolute Gasteiger partial charge is 0.504 e. The van der Waals surface area contributed by atoms with Gasteiger partial charge in [-0.2, -0.15) is 0 Å². The predicted octanol–water partition coefficient (Wildman–Crippen LogP) is 2.05. The summed E-state index contributed by atoms with van der Waals surface area (Å²) in [6, 6.07) is 3.77. The Morgan fingerprint density at radius 3 is 2.80 bits per heavy atom. The lowest BCUT2D eigenvalue weighted by Gasteiger charge is -2.12. The molecule has 1 aliphatic rings. The number of nitrogens with one attached hydrogen (secondary N) is 1. The molecule has 0 amide bonds. The van der Waals surface area contributed by atoms with Crippen molar-refractivity contribution in [1.82, 2.24) is 5.32 Å². The summed E-state index contributed by atoms with van der Waals surface area (Å²) in [5.41, 5.74) is 0.747. The van der Waals surface area contributed by atoms with Gasteiger partial charge in [0.05, 0.1) is 5.02 Å². The van der Waals surface area contributed by atoms with Crippen LogP contribution in [-0.4, -0.2) is 22.8 Å². The number of aromatic hydroxyl groups is 2. The summed E-state index contributed by atoms with van der Waals surface area (Å²) >= 11 is 5.68. The van der Waals surface area contributed by atoms with E-state index in [0.717, 1.165) is 24.9 Å². The Hall–Kier alpha value is -0.930. The molecular weight excluding hydrogens is 214 g/mol. The van der Waals surface area contributed by atoms with Gasteiger partial charge in [-0.25, -0.2) is 0 Å². The Morgan fingerprint density at radius 1 is 1.33 bits per heavy atom. The Bertz CT molecular complexity index is 362. The fourth-order valence-electron chi connectivity index (χ4n) is 1.96. The van der Waals surface area contributed by atoms with Crippen molar-refractivity contribution in [2.24, 2.45) is 0 Å². The van der Waals surface area contributed by atoms with Crippen LogP contribution in [0.25, 0.3) is 0 Å². The van der Waals surface area contributed by atoms with E-state index in [1.165, 1.54) is 6.42 Å². The number of benzene rings is 1. The van der Waals surface area contributed by atoms with E-state index in [1.54, 1.807) is 12.1 Å². The first-order valence-electron chi connectivity index (χ1n) is 5.11. The van der Waals surface area contributed by atoms with Crippen LogP contribution in [0.1, 0.15) is 18.4 Å². The molecule has 0 radical (unpaired) electrons. The third kappa shape index (κ3) is 2.19. The molecule has 1 aromatic carbocycles. The summed E-state index contributed by atoms with van der Waals surface area (Å²) in [7, 11) is 0. The molecule has 1 aliphatic heterocycles. The molecule has 1 saturated heterocycles. The average molecular weight is 228 g/mol. The van der Waals surface area contributed by atoms with Gasteiger partial charge >= 0.3 is 0 Å². The Labute approximate surface area is 93.7 Å². The van der Waals surface area contributed by atoms with E-state index in [2.05, 4.69) is 5.32 Å². The maximum absolute atomic E-state index is 9.68. The molecule has 3 nitrogen and oxygen atoms in total. The molecule has 0 aliphatic carbocycles. The van der Waals surface area contributed by atoms with Crippen molar-refractivity contribution in [3.63, 3.8) is 0 Å². The number of phenols is 2. The molecule has 4 heteroatoms. The van der Waals surface area contributed by atoms with Crippen LogP contribution >= 0.6 is 11.6 Å². The number of halogens is 1. The normalized spacial score (nSPS) is 20.7. The predicted molar refractivity (Wildman–Crippen MR) is 59.5 cm³/mol. The van der Waals surface area contributed by atoms with Crippen molar-refractivity contribution in [2.75, 3.05) is 6.54 Å². The van der Waals surface area contributed by atoms with Gasteiger partial charge in [-0.1, -0.05) is 17.7 Å². The average Bonchev–Trinajstić information content (AvgIpc) is 2.72. The van der Waals surface area contributed by atoms with Crippen LogP contribution in [0.5, 0.6) is 11.5 Å². The first kappa shape index (κ1) is 10.6. The van der Waals surface area contributed by atoms with Crippen LogP contribution in [0.2, 0.25) is 5.02 Å². The van der Waals surface area contributed by atoms with E-state index in [1.807, 2.05) is 0 Å². The van der Waals surface area contributed by atoms with Gasteiger partial charge in [0.15, 0.2) is 11.5 Å². The second-order valence-electron chi connectivity index (χ2n) is 3.90. The van der Waals surface area contributed by atoms with E-state index < -0.39 is 0 Å². The zero-order chi connectivity index (χ0) is 10.8. The third-order valence-corrected chi connectivity index (χ3v) is 3.12. The molecule has 82 valence electrons. The monoisotopic (exact) mass is 227 g/mol. The highest BCUT2D eigenvalue weighted by molar-refractivity contribution is 6.32. The van der Waals surface area contributed by atoms with Gasteiger partial charge in [0, 0.05) is 6.04 Å². The second kappa shape index (κ2) is 4.29. The highest BCUT2D eigenvalue weighted by atomic mass is 35.5. The van der Waals surface area contributed by atoms with E-state index >= 15 is 0 Å². The molecule has 3 N–H and O–H groups in total. The molecule has 1 aromatic rings. The standard InChI is InChI=1S/C11H14ClNO2/c12-9-4-3-7(10(14)11(9)15)6-8-2-1-5-13-8/h3-4,8,13-15H,1-2,5-6H2. The minimum Gasteiger partial charge on any atom is -0.504 e. The Kier molecular flexibility index (Phi) is 3.03. The van der Waals surface area contributed by atoms with E-state index in [0.29, 0.717) is 6.04 Å². The summed E-state index contributed by atoms with van der Waals surface area (Å²) in [5, 5.41) is 22.7. The van der Waals surface area contributed by atoms with Crippen molar-refractivity contribution >= 4 is 11.6 Å². The Balaban J connectivity index is 2.17. The molecule has 0 spiro atoms. The molecule has 0 aromatic heterocycles. The van der Waals surface area contributed by atoms with Crippen molar-refractivity contribution in [3.05, 3.63) is 22.7 Å². The van der Waals surface area contributed by atoms with Crippen LogP contribution in [0.3, 0.4) is 0 Å². The van der Waals surface area contributed by atoms with Gasteiger partial charge in [-0.3, -0.25) is 0 Å². The second-order valence-corrected chi connectivity index (χ2v) is 4.31. The van der Waals surface area contributed by atoms with Crippen molar-refractivity contribution in [2.45, 2.75) is 25.3 Å². The smallest absolute Gasteiger partial charge is 0.176 e. The summed E-state index contributed by atoms with van der Waals surface area (Å²) in [5.74, 6) is -0.302. The summed E-state index contributed by atoms with van der Waals surface area (Å²) in [6.07, 6.45) is 3.02. The van der Waals surface area contributed by atoms with Crippen molar-refractivity contribution in [3.8, 4) is 11.5 Å². The van der Waals surface area contributed by atoms with Gasteiger partial charge in [-0.15, -0.1) is 0 Å². The summed E-state index contributed by atoms with van der Waals surface area (Å²) in [4.78, 5) is 0. The van der Waals surface area contributed by atoms with Crippen LogP contribution in [0.4, 0.5) is 0 Å². The molecule has 1 fully saturated rings. The fourth-order valence-corrected chi connectivity index (χ4v) is 2.11. The SMILES string of the molecule is Oc1c(Cl)ccc(CC2CCCN2)c1O. The first-order chi connectivity index (χ1) is 7.18. The van der Waals surface area contributed by atoms with E-state index in [9.17, 15) is 10.2 Å². The minimum atomic E-state index is -0.216. The maximum atomic E-state index is 9.68. The highest BCUT2D eigenvalue weighted by Crippen LogP contribution is 2.36. The molecule has 0 saturated carbocycles. The van der Waals surface area contributed by atoms with Gasteiger partial charge in [0.1, 0.15) is 0 Å². The zero-order valence-electron chi connectivity index (χ0n) is 8.33. The number of rotatable bonds is 2. The molecule has 15 heavy (non-hydrogen) atoms. The molecular formula is C11H14ClNO2. The summed E-state index contributed by atoms with van der Waals surface area (Å²) < 4.78 is 0. The highest BCUT2D eigenvalue weighted by Gasteiger charge is 2.18. The molecule has 2 rings (SSSR count). The van der Waals surface area contributed by atoms with Crippen LogP contribution in [0, 0.1) is 0 Å². The zero-order valence-corrected chi connectivity index (χ0v) is 9.09. The Morgan fingerprint density at radius 2 is 2.13 bits per heavy atom. The lowest BCUT2D eigenvalue weighted by molar-refractivity contribution is 0.397. The quantitative estimate of drug-likeness (QED) is 0.678. The lowest BCUT2D eigenvalue weighted by atomic mass is 10.0. The number of phenolic OH excluding ortho intramolecular Hbond substituents is 2. The van der Waals surface area contributed by atoms with Gasteiger partial charge < -0.3 is 15.5 Å². The fraction of sp³-hybridized carbons (Fsp3) is 0.455. The topological polar surface area (TPSA) is 52.5 Å².